The maximum atomic E-state index is 13.3. The lowest BCUT2D eigenvalue weighted by Gasteiger charge is -2.29. The Bertz CT molecular complexity index is 1290. The van der Waals surface area contributed by atoms with Gasteiger partial charge >= 0.3 is 0 Å². The van der Waals surface area contributed by atoms with E-state index in [9.17, 15) is 18.0 Å². The van der Waals surface area contributed by atoms with E-state index in [2.05, 4.69) is 18.2 Å². The predicted octanol–water partition coefficient (Wildman–Crippen LogP) is 3.41. The molecule has 2 aromatic carbocycles. The van der Waals surface area contributed by atoms with Crippen molar-refractivity contribution < 1.29 is 18.0 Å². The first kappa shape index (κ1) is 23.8. The SMILES string of the molecule is CC1(C)C(=O)N(CC(=O)N2CC=C(c3ccccc3)CC2)c2ccc(S(=O)(=O)N3CCCC3)cc21. The summed E-state index contributed by atoms with van der Waals surface area (Å²) >= 11 is 0. The molecule has 0 aromatic heterocycles. The zero-order valence-electron chi connectivity index (χ0n) is 20.2. The van der Waals surface area contributed by atoms with E-state index in [0.717, 1.165) is 19.3 Å². The van der Waals surface area contributed by atoms with E-state index in [1.165, 1.54) is 20.3 Å². The summed E-state index contributed by atoms with van der Waals surface area (Å²) in [5, 5.41) is 0. The van der Waals surface area contributed by atoms with Gasteiger partial charge in [-0.3, -0.25) is 9.59 Å². The van der Waals surface area contributed by atoms with Crippen molar-refractivity contribution in [3.63, 3.8) is 0 Å². The summed E-state index contributed by atoms with van der Waals surface area (Å²) in [7, 11) is -3.59. The Kier molecular flexibility index (Phi) is 6.05. The van der Waals surface area contributed by atoms with Gasteiger partial charge in [-0.15, -0.1) is 0 Å². The van der Waals surface area contributed by atoms with Crippen LogP contribution in [-0.2, 0) is 25.0 Å². The number of hydrogen-bond donors (Lipinski definition) is 0. The third-order valence-corrected chi connectivity index (χ3v) is 9.31. The van der Waals surface area contributed by atoms with Gasteiger partial charge in [-0.2, -0.15) is 4.31 Å². The molecule has 35 heavy (non-hydrogen) atoms. The minimum Gasteiger partial charge on any atom is -0.337 e. The second-order valence-corrected chi connectivity index (χ2v) is 11.9. The molecule has 5 rings (SSSR count). The van der Waals surface area contributed by atoms with Crippen LogP contribution in [0.5, 0.6) is 0 Å². The molecule has 0 saturated carbocycles. The highest BCUT2D eigenvalue weighted by atomic mass is 32.2. The number of amides is 2. The Hall–Kier alpha value is -2.97. The van der Waals surface area contributed by atoms with E-state index >= 15 is 0 Å². The summed E-state index contributed by atoms with van der Waals surface area (Å²) in [5.74, 6) is -0.298. The van der Waals surface area contributed by atoms with Crippen molar-refractivity contribution in [1.29, 1.82) is 0 Å². The molecule has 7 nitrogen and oxygen atoms in total. The highest BCUT2D eigenvalue weighted by molar-refractivity contribution is 7.89. The molecule has 1 saturated heterocycles. The number of sulfonamides is 1. The molecular weight excluding hydrogens is 462 g/mol. The van der Waals surface area contributed by atoms with Crippen LogP contribution < -0.4 is 4.90 Å². The van der Waals surface area contributed by atoms with Gasteiger partial charge < -0.3 is 9.80 Å². The average Bonchev–Trinajstić information content (AvgIpc) is 3.48. The number of anilines is 1. The van der Waals surface area contributed by atoms with Crippen LogP contribution in [0.25, 0.3) is 5.57 Å². The molecule has 0 unspecified atom stereocenters. The minimum atomic E-state index is -3.59. The van der Waals surface area contributed by atoms with Crippen molar-refractivity contribution in [3.05, 3.63) is 65.7 Å². The molecule has 0 aliphatic carbocycles. The Balaban J connectivity index is 1.35. The summed E-state index contributed by atoms with van der Waals surface area (Å²) in [4.78, 5) is 30.0. The second-order valence-electron chi connectivity index (χ2n) is 9.99. The van der Waals surface area contributed by atoms with Crippen LogP contribution in [0.15, 0.2) is 59.5 Å². The number of hydrogen-bond acceptors (Lipinski definition) is 4. The van der Waals surface area contributed by atoms with Crippen molar-refractivity contribution in [1.82, 2.24) is 9.21 Å². The third kappa shape index (κ3) is 4.19. The van der Waals surface area contributed by atoms with Gasteiger partial charge in [0.2, 0.25) is 21.8 Å². The lowest BCUT2D eigenvalue weighted by molar-refractivity contribution is -0.131. The molecule has 3 heterocycles. The quantitative estimate of drug-likeness (QED) is 0.640. The van der Waals surface area contributed by atoms with Gasteiger partial charge in [0.15, 0.2) is 0 Å². The monoisotopic (exact) mass is 493 g/mol. The molecule has 0 radical (unpaired) electrons. The molecule has 0 spiro atoms. The summed E-state index contributed by atoms with van der Waals surface area (Å²) in [6.45, 7) is 5.69. The normalized spacial score (nSPS) is 20.2. The Morgan fingerprint density at radius 1 is 1.00 bits per heavy atom. The number of carbonyl (C=O) groups is 2. The van der Waals surface area contributed by atoms with Crippen molar-refractivity contribution in [2.24, 2.45) is 0 Å². The van der Waals surface area contributed by atoms with Crippen LogP contribution in [0, 0.1) is 0 Å². The lowest BCUT2D eigenvalue weighted by atomic mass is 9.86. The fourth-order valence-electron chi connectivity index (χ4n) is 5.25. The van der Waals surface area contributed by atoms with Crippen LogP contribution in [0.4, 0.5) is 5.69 Å². The maximum Gasteiger partial charge on any atom is 0.243 e. The van der Waals surface area contributed by atoms with Crippen molar-refractivity contribution in [2.45, 2.75) is 43.4 Å². The molecule has 3 aliphatic rings. The molecule has 2 amide bonds. The molecule has 184 valence electrons. The molecule has 8 heteroatoms. The second kappa shape index (κ2) is 8.91. The van der Waals surface area contributed by atoms with Gasteiger partial charge in [0.05, 0.1) is 10.3 Å². The van der Waals surface area contributed by atoms with Crippen molar-refractivity contribution >= 4 is 33.1 Å². The highest BCUT2D eigenvalue weighted by Crippen LogP contribution is 2.43. The first-order valence-electron chi connectivity index (χ1n) is 12.2. The van der Waals surface area contributed by atoms with E-state index < -0.39 is 15.4 Å². The van der Waals surface area contributed by atoms with Crippen molar-refractivity contribution in [3.8, 4) is 0 Å². The number of nitrogens with zero attached hydrogens (tertiary/aromatic N) is 3. The van der Waals surface area contributed by atoms with Crippen LogP contribution in [0.1, 0.15) is 44.2 Å². The highest BCUT2D eigenvalue weighted by Gasteiger charge is 2.45. The molecule has 0 N–H and O–H groups in total. The Morgan fingerprint density at radius 2 is 1.71 bits per heavy atom. The van der Waals surface area contributed by atoms with Gasteiger partial charge in [-0.1, -0.05) is 36.4 Å². The zero-order valence-corrected chi connectivity index (χ0v) is 21.1. The first-order valence-corrected chi connectivity index (χ1v) is 13.6. The van der Waals surface area contributed by atoms with E-state index in [1.807, 2.05) is 18.2 Å². The van der Waals surface area contributed by atoms with E-state index in [0.29, 0.717) is 37.4 Å². The predicted molar refractivity (Wildman–Crippen MR) is 135 cm³/mol. The van der Waals surface area contributed by atoms with Crippen LogP contribution in [0.2, 0.25) is 0 Å². The van der Waals surface area contributed by atoms with Crippen LogP contribution >= 0.6 is 0 Å². The largest absolute Gasteiger partial charge is 0.337 e. The smallest absolute Gasteiger partial charge is 0.243 e. The maximum absolute atomic E-state index is 13.3. The fourth-order valence-corrected chi connectivity index (χ4v) is 6.80. The van der Waals surface area contributed by atoms with Crippen LogP contribution in [0.3, 0.4) is 0 Å². The van der Waals surface area contributed by atoms with Gasteiger partial charge in [0, 0.05) is 31.9 Å². The third-order valence-electron chi connectivity index (χ3n) is 7.41. The Morgan fingerprint density at radius 3 is 2.37 bits per heavy atom. The van der Waals surface area contributed by atoms with Gasteiger partial charge in [0.1, 0.15) is 6.54 Å². The molecule has 3 aliphatic heterocycles. The summed E-state index contributed by atoms with van der Waals surface area (Å²) in [6, 6.07) is 15.0. The van der Waals surface area contributed by atoms with E-state index in [-0.39, 0.29) is 23.3 Å². The van der Waals surface area contributed by atoms with Crippen molar-refractivity contribution in [2.75, 3.05) is 37.6 Å². The topological polar surface area (TPSA) is 78.0 Å². The van der Waals surface area contributed by atoms with Gasteiger partial charge in [0.25, 0.3) is 0 Å². The molecule has 2 aromatic rings. The number of fused-ring (bicyclic) bond motifs is 1. The number of benzene rings is 2. The Labute approximate surface area is 207 Å². The molecular formula is C27H31N3O4S. The average molecular weight is 494 g/mol. The molecule has 0 bridgehead atoms. The van der Waals surface area contributed by atoms with Crippen LogP contribution in [-0.4, -0.2) is 62.2 Å². The van der Waals surface area contributed by atoms with E-state index in [4.69, 9.17) is 0 Å². The summed E-state index contributed by atoms with van der Waals surface area (Å²) in [6.07, 6.45) is 4.57. The summed E-state index contributed by atoms with van der Waals surface area (Å²) in [5.41, 5.74) is 2.76. The lowest BCUT2D eigenvalue weighted by Crippen LogP contribution is -2.45. The standard InChI is InChI=1S/C27H31N3O4S/c1-27(2)23-18-22(35(33,34)29-14-6-7-15-29)10-11-24(23)30(26(27)32)19-25(31)28-16-12-21(13-17-28)20-8-4-3-5-9-20/h3-5,8-12,18H,6-7,13-17,19H2,1-2H3. The van der Waals surface area contributed by atoms with Gasteiger partial charge in [-0.05, 0) is 68.0 Å². The van der Waals surface area contributed by atoms with Gasteiger partial charge in [-0.25, -0.2) is 8.42 Å². The number of carbonyl (C=O) groups excluding carboxylic acids is 2. The summed E-state index contributed by atoms with van der Waals surface area (Å²) < 4.78 is 27.7. The molecule has 0 atom stereocenters. The zero-order chi connectivity index (χ0) is 24.8. The molecule has 1 fully saturated rings. The fraction of sp³-hybridized carbons (Fsp3) is 0.407. The minimum absolute atomic E-state index is 0.0536. The van der Waals surface area contributed by atoms with E-state index in [1.54, 1.807) is 36.9 Å². The number of rotatable bonds is 5. The first-order chi connectivity index (χ1) is 16.7.